The molecule has 0 aliphatic carbocycles. The highest BCUT2D eigenvalue weighted by Crippen LogP contribution is 2.37. The fourth-order valence-corrected chi connectivity index (χ4v) is 4.07. The van der Waals surface area contributed by atoms with E-state index in [1.165, 1.54) is 0 Å². The molecule has 0 unspecified atom stereocenters. The zero-order valence-electron chi connectivity index (χ0n) is 17.2. The number of hydrogen-bond donors (Lipinski definition) is 1. The lowest BCUT2D eigenvalue weighted by Gasteiger charge is -2.24. The molecule has 3 aromatic rings. The van der Waals surface area contributed by atoms with Crippen LogP contribution in [0.2, 0.25) is 5.02 Å². The fraction of sp³-hybridized carbons (Fsp3) is 0.261. The van der Waals surface area contributed by atoms with E-state index in [9.17, 15) is 10.1 Å². The number of benzene rings is 2. The minimum atomic E-state index is -0.158. The SMILES string of the molecule is N#Cc1cc2cc3c(cc2nc1N1CCCN(C(=O)Nc2ccc(Cl)cc2)CC1)OCO3. The van der Waals surface area contributed by atoms with Gasteiger partial charge in [0, 0.05) is 48.3 Å². The van der Waals surface area contributed by atoms with E-state index in [1.807, 2.05) is 18.2 Å². The largest absolute Gasteiger partial charge is 0.454 e. The molecular formula is C23H20ClN5O3. The molecule has 162 valence electrons. The predicted molar refractivity (Wildman–Crippen MR) is 121 cm³/mol. The number of rotatable bonds is 2. The summed E-state index contributed by atoms with van der Waals surface area (Å²) in [6.45, 7) is 2.59. The highest BCUT2D eigenvalue weighted by molar-refractivity contribution is 6.30. The third-order valence-electron chi connectivity index (χ3n) is 5.59. The lowest BCUT2D eigenvalue weighted by molar-refractivity contribution is 0.174. The van der Waals surface area contributed by atoms with Crippen molar-refractivity contribution in [3.8, 4) is 17.6 Å². The Kier molecular flexibility index (Phi) is 5.33. The van der Waals surface area contributed by atoms with Crippen molar-refractivity contribution in [3.05, 3.63) is 53.1 Å². The van der Waals surface area contributed by atoms with Crippen LogP contribution in [0.25, 0.3) is 10.9 Å². The summed E-state index contributed by atoms with van der Waals surface area (Å²) in [6.07, 6.45) is 0.764. The third kappa shape index (κ3) is 3.95. The molecule has 0 bridgehead atoms. The average molecular weight is 450 g/mol. The molecule has 1 saturated heterocycles. The summed E-state index contributed by atoms with van der Waals surface area (Å²) in [5.74, 6) is 1.94. The van der Waals surface area contributed by atoms with Crippen LogP contribution in [0, 0.1) is 11.3 Å². The molecule has 8 nitrogen and oxygen atoms in total. The zero-order valence-corrected chi connectivity index (χ0v) is 17.9. The Morgan fingerprint density at radius 3 is 2.62 bits per heavy atom. The standard InChI is InChI=1S/C23H20ClN5O3/c24-17-2-4-18(5-3-17)26-23(30)29-7-1-6-28(8-9-29)22-16(13-25)10-15-11-20-21(32-14-31-20)12-19(15)27-22/h2-5,10-12H,1,6-9,14H2,(H,26,30). The van der Waals surface area contributed by atoms with Crippen LogP contribution in [0.1, 0.15) is 12.0 Å². The number of aromatic nitrogens is 1. The summed E-state index contributed by atoms with van der Waals surface area (Å²) < 4.78 is 10.9. The highest BCUT2D eigenvalue weighted by Gasteiger charge is 2.23. The van der Waals surface area contributed by atoms with E-state index in [0.29, 0.717) is 59.8 Å². The van der Waals surface area contributed by atoms with Gasteiger partial charge in [-0.3, -0.25) is 0 Å². The number of fused-ring (bicyclic) bond motifs is 2. The molecule has 1 N–H and O–H groups in total. The number of nitrogens with one attached hydrogen (secondary N) is 1. The molecule has 5 rings (SSSR count). The molecule has 2 aliphatic heterocycles. The number of hydrogen-bond acceptors (Lipinski definition) is 6. The van der Waals surface area contributed by atoms with Gasteiger partial charge in [0.1, 0.15) is 11.9 Å². The lowest BCUT2D eigenvalue weighted by atomic mass is 10.1. The van der Waals surface area contributed by atoms with Crippen LogP contribution in [-0.4, -0.2) is 48.9 Å². The molecule has 2 aliphatic rings. The number of pyridine rings is 1. The molecule has 2 aromatic carbocycles. The number of amides is 2. The summed E-state index contributed by atoms with van der Waals surface area (Å²) in [7, 11) is 0. The van der Waals surface area contributed by atoms with Gasteiger partial charge in [0.2, 0.25) is 6.79 Å². The van der Waals surface area contributed by atoms with Crippen molar-refractivity contribution in [1.82, 2.24) is 9.88 Å². The van der Waals surface area contributed by atoms with Gasteiger partial charge in [-0.15, -0.1) is 0 Å². The smallest absolute Gasteiger partial charge is 0.321 e. The molecule has 0 radical (unpaired) electrons. The number of carbonyl (C=O) groups excluding carboxylic acids is 1. The molecule has 9 heteroatoms. The van der Waals surface area contributed by atoms with Gasteiger partial charge >= 0.3 is 6.03 Å². The molecule has 0 atom stereocenters. The van der Waals surface area contributed by atoms with Gasteiger partial charge in [-0.25, -0.2) is 9.78 Å². The summed E-state index contributed by atoms with van der Waals surface area (Å²) >= 11 is 5.91. The van der Waals surface area contributed by atoms with Gasteiger partial charge < -0.3 is 24.6 Å². The minimum absolute atomic E-state index is 0.158. The van der Waals surface area contributed by atoms with Gasteiger partial charge in [0.05, 0.1) is 11.1 Å². The van der Waals surface area contributed by atoms with Crippen LogP contribution in [0.3, 0.4) is 0 Å². The van der Waals surface area contributed by atoms with E-state index >= 15 is 0 Å². The minimum Gasteiger partial charge on any atom is -0.454 e. The molecule has 1 fully saturated rings. The second-order valence-electron chi connectivity index (χ2n) is 7.63. The Morgan fingerprint density at radius 2 is 1.84 bits per heavy atom. The van der Waals surface area contributed by atoms with Gasteiger partial charge in [-0.1, -0.05) is 11.6 Å². The molecular weight excluding hydrogens is 430 g/mol. The van der Waals surface area contributed by atoms with Crippen LogP contribution in [-0.2, 0) is 0 Å². The van der Waals surface area contributed by atoms with Crippen molar-refractivity contribution in [2.45, 2.75) is 6.42 Å². The summed E-state index contributed by atoms with van der Waals surface area (Å²) in [6, 6.07) is 14.6. The Labute approximate surface area is 189 Å². The van der Waals surface area contributed by atoms with Gasteiger partial charge in [-0.05, 0) is 42.8 Å². The van der Waals surface area contributed by atoms with Crippen molar-refractivity contribution in [2.24, 2.45) is 0 Å². The van der Waals surface area contributed by atoms with Crippen molar-refractivity contribution in [2.75, 3.05) is 43.2 Å². The summed E-state index contributed by atoms with van der Waals surface area (Å²) in [4.78, 5) is 21.3. The Balaban J connectivity index is 1.34. The van der Waals surface area contributed by atoms with Crippen LogP contribution in [0.15, 0.2) is 42.5 Å². The molecule has 2 amide bonds. The van der Waals surface area contributed by atoms with E-state index in [2.05, 4.69) is 16.3 Å². The second kappa shape index (κ2) is 8.44. The van der Waals surface area contributed by atoms with Crippen molar-refractivity contribution < 1.29 is 14.3 Å². The van der Waals surface area contributed by atoms with E-state index < -0.39 is 0 Å². The third-order valence-corrected chi connectivity index (χ3v) is 5.84. The van der Waals surface area contributed by atoms with Crippen LogP contribution >= 0.6 is 11.6 Å². The lowest BCUT2D eigenvalue weighted by Crippen LogP contribution is -2.38. The number of nitrogens with zero attached hydrogens (tertiary/aromatic N) is 4. The van der Waals surface area contributed by atoms with Crippen molar-refractivity contribution in [3.63, 3.8) is 0 Å². The maximum absolute atomic E-state index is 12.7. The zero-order chi connectivity index (χ0) is 22.1. The van der Waals surface area contributed by atoms with E-state index in [1.54, 1.807) is 29.2 Å². The highest BCUT2D eigenvalue weighted by atomic mass is 35.5. The van der Waals surface area contributed by atoms with Gasteiger partial charge in [-0.2, -0.15) is 5.26 Å². The fourth-order valence-electron chi connectivity index (χ4n) is 3.95. The second-order valence-corrected chi connectivity index (χ2v) is 8.07. The van der Waals surface area contributed by atoms with Crippen LogP contribution in [0.5, 0.6) is 11.5 Å². The predicted octanol–water partition coefficient (Wildman–Crippen LogP) is 4.23. The molecule has 0 spiro atoms. The number of carbonyl (C=O) groups is 1. The van der Waals surface area contributed by atoms with Gasteiger partial charge in [0.15, 0.2) is 11.5 Å². The number of nitriles is 1. The maximum atomic E-state index is 12.7. The molecule has 1 aromatic heterocycles. The molecule has 3 heterocycles. The number of halogens is 1. The monoisotopic (exact) mass is 449 g/mol. The Hall–Kier alpha value is -3.70. The van der Waals surface area contributed by atoms with Gasteiger partial charge in [0.25, 0.3) is 0 Å². The first kappa shape index (κ1) is 20.2. The number of urea groups is 1. The number of ether oxygens (including phenoxy) is 2. The Bertz CT molecular complexity index is 1230. The van der Waals surface area contributed by atoms with Crippen molar-refractivity contribution in [1.29, 1.82) is 5.26 Å². The first-order valence-electron chi connectivity index (χ1n) is 10.3. The summed E-state index contributed by atoms with van der Waals surface area (Å²) in [5.41, 5.74) is 1.93. The normalized spacial score (nSPS) is 15.4. The first-order valence-corrected chi connectivity index (χ1v) is 10.7. The van der Waals surface area contributed by atoms with E-state index in [0.717, 1.165) is 17.3 Å². The van der Waals surface area contributed by atoms with Crippen LogP contribution in [0.4, 0.5) is 16.3 Å². The maximum Gasteiger partial charge on any atom is 0.321 e. The topological polar surface area (TPSA) is 90.7 Å². The van der Waals surface area contributed by atoms with Crippen LogP contribution < -0.4 is 19.7 Å². The number of anilines is 2. The average Bonchev–Trinajstić information content (AvgIpc) is 3.11. The van der Waals surface area contributed by atoms with E-state index in [4.69, 9.17) is 26.1 Å². The van der Waals surface area contributed by atoms with Crippen molar-refractivity contribution >= 4 is 40.0 Å². The molecule has 0 saturated carbocycles. The quantitative estimate of drug-likeness (QED) is 0.629. The Morgan fingerprint density at radius 1 is 1.06 bits per heavy atom. The molecule has 32 heavy (non-hydrogen) atoms. The first-order chi connectivity index (χ1) is 15.6. The van der Waals surface area contributed by atoms with E-state index in [-0.39, 0.29) is 12.8 Å². The summed E-state index contributed by atoms with van der Waals surface area (Å²) in [5, 5.41) is 14.1.